The topological polar surface area (TPSA) is 25.2 Å². The summed E-state index contributed by atoms with van der Waals surface area (Å²) in [5.74, 6) is 2.87. The molecule has 6 aromatic carbocycles. The molecule has 0 radical (unpaired) electrons. The minimum absolute atomic E-state index is 0.116. The van der Waals surface area contributed by atoms with Crippen LogP contribution in [0.25, 0.3) is 49.7 Å². The summed E-state index contributed by atoms with van der Waals surface area (Å²) in [7, 11) is 0. The molecule has 1 heterocycles. The zero-order chi connectivity index (χ0) is 33.3. The molecule has 7 aromatic rings. The van der Waals surface area contributed by atoms with Gasteiger partial charge in [0, 0.05) is 33.0 Å². The van der Waals surface area contributed by atoms with Crippen molar-refractivity contribution in [3.8, 4) is 46.0 Å². The molecule has 1 aromatic heterocycles. The van der Waals surface area contributed by atoms with Crippen LogP contribution in [0.15, 0.2) is 152 Å². The summed E-state index contributed by atoms with van der Waals surface area (Å²) in [5.41, 5.74) is 13.8. The van der Waals surface area contributed by atoms with E-state index >= 15 is 0 Å². The highest BCUT2D eigenvalue weighted by Crippen LogP contribution is 2.59. The first-order chi connectivity index (χ1) is 24.0. The molecule has 1 N–H and O–H groups in total. The van der Waals surface area contributed by atoms with Gasteiger partial charge in [-0.25, -0.2) is 0 Å². The number of allylic oxidation sites excluding steroid dienone is 4. The van der Waals surface area contributed by atoms with Crippen LogP contribution in [-0.2, 0) is 10.8 Å². The van der Waals surface area contributed by atoms with Crippen LogP contribution in [0.3, 0.4) is 0 Å². The number of aromatic hydroxyl groups is 1. The molecular formula is C47H35NO. The molecule has 0 saturated carbocycles. The van der Waals surface area contributed by atoms with Gasteiger partial charge in [0.1, 0.15) is 5.75 Å². The van der Waals surface area contributed by atoms with Gasteiger partial charge in [0.15, 0.2) is 0 Å². The Balaban J connectivity index is 1.38. The Morgan fingerprint density at radius 3 is 2.16 bits per heavy atom. The van der Waals surface area contributed by atoms with E-state index < -0.39 is 5.41 Å². The summed E-state index contributed by atoms with van der Waals surface area (Å²) < 4.78 is 2.48. The molecule has 234 valence electrons. The molecular weight excluding hydrogens is 595 g/mol. The van der Waals surface area contributed by atoms with Gasteiger partial charge in [-0.05, 0) is 75.7 Å². The standard InChI is InChI=1S/C47H35NO/c1-4-5-6-7-16-29-47(39-22-13-15-24-43(39)49)38-21-12-9-19-36(38)44-40(47)28-27-35-34-18-10-14-23-42(34)48(45(35)44)31-25-26-33-32-17-8-11-20-37(32)46(2,3)41(33)30-31/h1,5-28,30,49H,29H2,2-3H3/b6-5-,16-7-. The Bertz CT molecular complexity index is 2590. The van der Waals surface area contributed by atoms with E-state index in [1.807, 2.05) is 24.3 Å². The predicted molar refractivity (Wildman–Crippen MR) is 203 cm³/mol. The van der Waals surface area contributed by atoms with Crippen LogP contribution in [0.5, 0.6) is 5.75 Å². The van der Waals surface area contributed by atoms with Crippen molar-refractivity contribution in [3.63, 3.8) is 0 Å². The average molecular weight is 630 g/mol. The first-order valence-corrected chi connectivity index (χ1v) is 16.9. The van der Waals surface area contributed by atoms with Crippen molar-refractivity contribution in [1.29, 1.82) is 0 Å². The smallest absolute Gasteiger partial charge is 0.120 e. The predicted octanol–water partition coefficient (Wildman–Crippen LogP) is 11.2. The molecule has 0 spiro atoms. The van der Waals surface area contributed by atoms with E-state index in [4.69, 9.17) is 6.42 Å². The van der Waals surface area contributed by atoms with E-state index in [1.54, 1.807) is 12.1 Å². The minimum Gasteiger partial charge on any atom is -0.508 e. The van der Waals surface area contributed by atoms with E-state index in [0.29, 0.717) is 12.2 Å². The fourth-order valence-corrected chi connectivity index (χ4v) is 8.89. The molecule has 0 saturated heterocycles. The van der Waals surface area contributed by atoms with Gasteiger partial charge in [0.25, 0.3) is 0 Å². The van der Waals surface area contributed by atoms with Gasteiger partial charge in [-0.1, -0.05) is 141 Å². The summed E-state index contributed by atoms with van der Waals surface area (Å²) in [6.07, 6.45) is 14.0. The lowest BCUT2D eigenvalue weighted by atomic mass is 9.69. The van der Waals surface area contributed by atoms with Gasteiger partial charge in [-0.2, -0.15) is 0 Å². The number of para-hydroxylation sites is 2. The largest absolute Gasteiger partial charge is 0.508 e. The van der Waals surface area contributed by atoms with Gasteiger partial charge in [0.2, 0.25) is 0 Å². The zero-order valence-electron chi connectivity index (χ0n) is 27.6. The fourth-order valence-electron chi connectivity index (χ4n) is 8.89. The third-order valence-corrected chi connectivity index (χ3v) is 11.0. The van der Waals surface area contributed by atoms with Gasteiger partial charge in [-0.3, -0.25) is 0 Å². The molecule has 2 aliphatic rings. The molecule has 2 aliphatic carbocycles. The number of hydrogen-bond donors (Lipinski definition) is 1. The third kappa shape index (κ3) is 3.97. The summed E-state index contributed by atoms with van der Waals surface area (Å²) in [4.78, 5) is 0. The highest BCUT2D eigenvalue weighted by atomic mass is 16.3. The number of fused-ring (bicyclic) bond motifs is 10. The van der Waals surface area contributed by atoms with Crippen molar-refractivity contribution in [3.05, 3.63) is 180 Å². The maximum absolute atomic E-state index is 11.5. The molecule has 2 heteroatoms. The Morgan fingerprint density at radius 2 is 1.35 bits per heavy atom. The van der Waals surface area contributed by atoms with E-state index in [0.717, 1.165) is 11.3 Å². The van der Waals surface area contributed by atoms with Crippen molar-refractivity contribution in [2.45, 2.75) is 31.1 Å². The van der Waals surface area contributed by atoms with Crippen molar-refractivity contribution in [2.75, 3.05) is 0 Å². The van der Waals surface area contributed by atoms with Gasteiger partial charge < -0.3 is 9.67 Å². The zero-order valence-corrected chi connectivity index (χ0v) is 27.6. The van der Waals surface area contributed by atoms with Crippen LogP contribution in [0.2, 0.25) is 0 Å². The van der Waals surface area contributed by atoms with E-state index in [-0.39, 0.29) is 5.41 Å². The molecule has 0 fully saturated rings. The molecule has 0 aliphatic heterocycles. The van der Waals surface area contributed by atoms with Crippen LogP contribution in [-0.4, -0.2) is 9.67 Å². The summed E-state index contributed by atoms with van der Waals surface area (Å²) >= 11 is 0. The van der Waals surface area contributed by atoms with Crippen molar-refractivity contribution >= 4 is 21.8 Å². The van der Waals surface area contributed by atoms with Crippen LogP contribution >= 0.6 is 0 Å². The second kappa shape index (κ2) is 10.7. The van der Waals surface area contributed by atoms with E-state index in [9.17, 15) is 5.11 Å². The Morgan fingerprint density at radius 1 is 0.653 bits per heavy atom. The van der Waals surface area contributed by atoms with Crippen molar-refractivity contribution in [1.82, 2.24) is 4.57 Å². The van der Waals surface area contributed by atoms with E-state index in [2.05, 4.69) is 140 Å². The normalized spacial score (nSPS) is 17.0. The van der Waals surface area contributed by atoms with Crippen LogP contribution in [0, 0.1) is 12.3 Å². The lowest BCUT2D eigenvalue weighted by molar-refractivity contribution is 0.454. The van der Waals surface area contributed by atoms with Gasteiger partial charge >= 0.3 is 0 Å². The van der Waals surface area contributed by atoms with Crippen LogP contribution < -0.4 is 0 Å². The lowest BCUT2D eigenvalue weighted by Gasteiger charge is -2.32. The highest BCUT2D eigenvalue weighted by Gasteiger charge is 2.46. The van der Waals surface area contributed by atoms with E-state index in [1.165, 1.54) is 66.3 Å². The Labute approximate surface area is 287 Å². The number of rotatable bonds is 5. The maximum atomic E-state index is 11.5. The summed E-state index contributed by atoms with van der Waals surface area (Å²) in [6.45, 7) is 4.68. The number of phenols is 1. The third-order valence-electron chi connectivity index (χ3n) is 11.0. The monoisotopic (exact) mass is 629 g/mol. The maximum Gasteiger partial charge on any atom is 0.120 e. The SMILES string of the molecule is C#C/C=C\C=C/CC1(c2ccccc2O)c2ccccc2-c2c1ccc1c3ccccc3n(-c3ccc4c(c3)C(C)(C)c3ccccc3-4)c21. The Hall–Kier alpha value is -6.04. The number of nitrogens with zero attached hydrogens (tertiary/aromatic N) is 1. The highest BCUT2D eigenvalue weighted by molar-refractivity contribution is 6.16. The number of hydrogen-bond acceptors (Lipinski definition) is 1. The first kappa shape index (κ1) is 29.1. The van der Waals surface area contributed by atoms with Gasteiger partial charge in [-0.15, -0.1) is 6.42 Å². The van der Waals surface area contributed by atoms with Crippen LogP contribution in [0.4, 0.5) is 0 Å². The molecule has 0 bridgehead atoms. The second-order valence-corrected chi connectivity index (χ2v) is 13.8. The molecule has 2 nitrogen and oxygen atoms in total. The Kier molecular flexibility index (Phi) is 6.38. The number of aromatic nitrogens is 1. The summed E-state index contributed by atoms with van der Waals surface area (Å²) in [5, 5.41) is 14.0. The molecule has 1 unspecified atom stereocenters. The second-order valence-electron chi connectivity index (χ2n) is 13.8. The lowest BCUT2D eigenvalue weighted by Crippen LogP contribution is -2.26. The molecule has 49 heavy (non-hydrogen) atoms. The van der Waals surface area contributed by atoms with Gasteiger partial charge in [0.05, 0.1) is 16.4 Å². The fraction of sp³-hybridized carbons (Fsp3) is 0.106. The summed E-state index contributed by atoms with van der Waals surface area (Å²) in [6, 6.07) is 45.7. The average Bonchev–Trinajstić information content (AvgIpc) is 3.70. The number of benzene rings is 6. The first-order valence-electron chi connectivity index (χ1n) is 16.9. The molecule has 1 atom stereocenters. The minimum atomic E-state index is -0.616. The number of terminal acetylenes is 1. The molecule has 9 rings (SSSR count). The van der Waals surface area contributed by atoms with Crippen molar-refractivity contribution < 1.29 is 5.11 Å². The quantitative estimate of drug-likeness (QED) is 0.149. The molecule has 0 amide bonds. The van der Waals surface area contributed by atoms with Crippen molar-refractivity contribution in [2.24, 2.45) is 0 Å². The number of phenolic OH excluding ortho intramolecular Hbond substituents is 1. The van der Waals surface area contributed by atoms with Crippen LogP contribution in [0.1, 0.15) is 48.1 Å².